The van der Waals surface area contributed by atoms with Crippen molar-refractivity contribution in [3.05, 3.63) is 35.2 Å². The number of amides is 1. The first-order chi connectivity index (χ1) is 11.8. The second kappa shape index (κ2) is 7.11. The Hall–Kier alpha value is -1.97. The van der Waals surface area contributed by atoms with E-state index >= 15 is 0 Å². The number of carbonyl (C=O) groups excluding carboxylic acids is 2. The SMILES string of the molecule is CS(=O)(=O)N1CCN(C(=O)COC(=O)c2cc3ccccc3s2)CC1. The van der Waals surface area contributed by atoms with E-state index in [-0.39, 0.29) is 25.6 Å². The van der Waals surface area contributed by atoms with Crippen molar-refractivity contribution in [2.24, 2.45) is 0 Å². The Bertz CT molecular complexity index is 865. The van der Waals surface area contributed by atoms with Gasteiger partial charge >= 0.3 is 5.97 Å². The third kappa shape index (κ3) is 4.17. The van der Waals surface area contributed by atoms with E-state index in [0.717, 1.165) is 16.3 Å². The highest BCUT2D eigenvalue weighted by Gasteiger charge is 2.26. The van der Waals surface area contributed by atoms with Crippen molar-refractivity contribution in [2.45, 2.75) is 0 Å². The molecule has 0 bridgehead atoms. The van der Waals surface area contributed by atoms with Crippen LogP contribution in [0, 0.1) is 0 Å². The summed E-state index contributed by atoms with van der Waals surface area (Å²) in [5.74, 6) is -0.841. The lowest BCUT2D eigenvalue weighted by Crippen LogP contribution is -2.51. The zero-order valence-electron chi connectivity index (χ0n) is 13.7. The van der Waals surface area contributed by atoms with E-state index in [1.165, 1.54) is 20.5 Å². The van der Waals surface area contributed by atoms with Gasteiger partial charge in [0.1, 0.15) is 4.88 Å². The normalized spacial score (nSPS) is 16.1. The lowest BCUT2D eigenvalue weighted by molar-refractivity contribution is -0.135. The van der Waals surface area contributed by atoms with Gasteiger partial charge in [-0.2, -0.15) is 4.31 Å². The van der Waals surface area contributed by atoms with Crippen LogP contribution in [0.5, 0.6) is 0 Å². The fourth-order valence-electron chi connectivity index (χ4n) is 2.64. The number of carbonyl (C=O) groups is 2. The molecule has 134 valence electrons. The van der Waals surface area contributed by atoms with Crippen LogP contribution in [-0.4, -0.2) is 68.5 Å². The maximum absolute atomic E-state index is 12.1. The first kappa shape index (κ1) is 17.8. The summed E-state index contributed by atoms with van der Waals surface area (Å²) in [5.41, 5.74) is 0. The number of hydrogen-bond donors (Lipinski definition) is 0. The molecule has 9 heteroatoms. The number of fused-ring (bicyclic) bond motifs is 1. The average Bonchev–Trinajstić information content (AvgIpc) is 3.03. The summed E-state index contributed by atoms with van der Waals surface area (Å²) in [6.45, 7) is 0.772. The predicted molar refractivity (Wildman–Crippen MR) is 95.1 cm³/mol. The minimum absolute atomic E-state index is 0.259. The number of piperazine rings is 1. The maximum Gasteiger partial charge on any atom is 0.348 e. The van der Waals surface area contributed by atoms with E-state index in [4.69, 9.17) is 4.74 Å². The second-order valence-electron chi connectivity index (χ2n) is 5.77. The van der Waals surface area contributed by atoms with Crippen molar-refractivity contribution in [3.63, 3.8) is 0 Å². The van der Waals surface area contributed by atoms with Gasteiger partial charge in [0, 0.05) is 30.9 Å². The van der Waals surface area contributed by atoms with E-state index < -0.39 is 16.0 Å². The van der Waals surface area contributed by atoms with E-state index in [9.17, 15) is 18.0 Å². The van der Waals surface area contributed by atoms with E-state index in [0.29, 0.717) is 18.0 Å². The van der Waals surface area contributed by atoms with Crippen molar-refractivity contribution in [3.8, 4) is 0 Å². The van der Waals surface area contributed by atoms with E-state index in [1.54, 1.807) is 6.07 Å². The van der Waals surface area contributed by atoms with Crippen LogP contribution in [0.3, 0.4) is 0 Å². The predicted octanol–water partition coefficient (Wildman–Crippen LogP) is 1.16. The van der Waals surface area contributed by atoms with Crippen LogP contribution in [0.15, 0.2) is 30.3 Å². The molecule has 0 atom stereocenters. The molecule has 1 saturated heterocycles. The molecule has 1 aromatic heterocycles. The Morgan fingerprint density at radius 3 is 2.48 bits per heavy atom. The fraction of sp³-hybridized carbons (Fsp3) is 0.375. The van der Waals surface area contributed by atoms with Gasteiger partial charge in [-0.1, -0.05) is 18.2 Å². The molecule has 1 fully saturated rings. The third-order valence-corrected chi connectivity index (χ3v) is 6.41. The lowest BCUT2D eigenvalue weighted by atomic mass is 10.2. The molecule has 2 aromatic rings. The van der Waals surface area contributed by atoms with Gasteiger partial charge in [0.05, 0.1) is 6.26 Å². The van der Waals surface area contributed by atoms with Crippen molar-refractivity contribution >= 4 is 43.3 Å². The average molecular weight is 382 g/mol. The lowest BCUT2D eigenvalue weighted by Gasteiger charge is -2.33. The standard InChI is InChI=1S/C16H18N2O5S2/c1-25(21,22)18-8-6-17(7-9-18)15(19)11-23-16(20)14-10-12-4-2-3-5-13(12)24-14/h2-5,10H,6-9,11H2,1H3. The number of thiophene rings is 1. The van der Waals surface area contributed by atoms with E-state index in [1.807, 2.05) is 24.3 Å². The Morgan fingerprint density at radius 1 is 1.16 bits per heavy atom. The zero-order valence-corrected chi connectivity index (χ0v) is 15.3. The molecule has 1 aliphatic heterocycles. The Kier molecular flexibility index (Phi) is 5.07. The summed E-state index contributed by atoms with van der Waals surface area (Å²) in [5, 5.41) is 0.961. The minimum Gasteiger partial charge on any atom is -0.451 e. The molecule has 0 N–H and O–H groups in total. The number of nitrogens with zero attached hydrogens (tertiary/aromatic N) is 2. The minimum atomic E-state index is -3.24. The Balaban J connectivity index is 1.53. The molecular weight excluding hydrogens is 364 g/mol. The van der Waals surface area contributed by atoms with Crippen molar-refractivity contribution in [1.29, 1.82) is 0 Å². The highest BCUT2D eigenvalue weighted by atomic mass is 32.2. The van der Waals surface area contributed by atoms with Crippen LogP contribution in [0.2, 0.25) is 0 Å². The first-order valence-electron chi connectivity index (χ1n) is 7.73. The fourth-order valence-corrected chi connectivity index (χ4v) is 4.42. The van der Waals surface area contributed by atoms with Crippen LogP contribution in [0.4, 0.5) is 0 Å². The molecule has 0 aliphatic carbocycles. The molecule has 0 radical (unpaired) electrons. The highest BCUT2D eigenvalue weighted by Crippen LogP contribution is 2.25. The molecule has 0 spiro atoms. The molecule has 1 aliphatic rings. The molecule has 3 rings (SSSR count). The zero-order chi connectivity index (χ0) is 18.0. The summed E-state index contributed by atoms with van der Waals surface area (Å²) in [4.78, 5) is 26.2. The third-order valence-electron chi connectivity index (χ3n) is 4.01. The van der Waals surface area contributed by atoms with Gasteiger partial charge in [-0.05, 0) is 17.5 Å². The van der Waals surface area contributed by atoms with Gasteiger partial charge in [-0.25, -0.2) is 13.2 Å². The van der Waals surface area contributed by atoms with Crippen molar-refractivity contribution < 1.29 is 22.7 Å². The summed E-state index contributed by atoms with van der Waals surface area (Å²) >= 11 is 1.32. The molecule has 0 saturated carbocycles. The monoisotopic (exact) mass is 382 g/mol. The van der Waals surface area contributed by atoms with Gasteiger partial charge in [0.25, 0.3) is 5.91 Å². The smallest absolute Gasteiger partial charge is 0.348 e. The number of hydrogen-bond acceptors (Lipinski definition) is 6. The summed E-state index contributed by atoms with van der Waals surface area (Å²) in [6.07, 6.45) is 1.15. The molecule has 2 heterocycles. The number of esters is 1. The number of benzene rings is 1. The van der Waals surface area contributed by atoms with Gasteiger partial charge in [0.2, 0.25) is 10.0 Å². The second-order valence-corrected chi connectivity index (χ2v) is 8.83. The largest absolute Gasteiger partial charge is 0.451 e. The van der Waals surface area contributed by atoms with Gasteiger partial charge in [-0.15, -0.1) is 11.3 Å². The summed E-state index contributed by atoms with van der Waals surface area (Å²) in [6, 6.07) is 9.37. The van der Waals surface area contributed by atoms with Crippen LogP contribution in [-0.2, 0) is 19.6 Å². The molecule has 25 heavy (non-hydrogen) atoms. The van der Waals surface area contributed by atoms with Crippen molar-refractivity contribution in [2.75, 3.05) is 39.0 Å². The van der Waals surface area contributed by atoms with Crippen LogP contribution in [0.1, 0.15) is 9.67 Å². The topological polar surface area (TPSA) is 84.0 Å². The summed E-state index contributed by atoms with van der Waals surface area (Å²) < 4.78 is 30.4. The number of ether oxygens (including phenoxy) is 1. The number of sulfonamides is 1. The van der Waals surface area contributed by atoms with Crippen LogP contribution in [0.25, 0.3) is 10.1 Å². The molecular formula is C16H18N2O5S2. The Labute approximate surface area is 149 Å². The maximum atomic E-state index is 12.1. The van der Waals surface area contributed by atoms with Crippen molar-refractivity contribution in [1.82, 2.24) is 9.21 Å². The van der Waals surface area contributed by atoms with Gasteiger partial charge in [-0.3, -0.25) is 4.79 Å². The number of rotatable bonds is 4. The summed E-state index contributed by atoms with van der Waals surface area (Å²) in [7, 11) is -3.24. The first-order valence-corrected chi connectivity index (χ1v) is 10.4. The van der Waals surface area contributed by atoms with Crippen LogP contribution >= 0.6 is 11.3 Å². The molecule has 1 aromatic carbocycles. The molecule has 0 unspecified atom stereocenters. The van der Waals surface area contributed by atoms with Gasteiger partial charge < -0.3 is 9.64 Å². The highest BCUT2D eigenvalue weighted by molar-refractivity contribution is 7.88. The van der Waals surface area contributed by atoms with Gasteiger partial charge in [0.15, 0.2) is 6.61 Å². The molecule has 7 nitrogen and oxygen atoms in total. The van der Waals surface area contributed by atoms with E-state index in [2.05, 4.69) is 0 Å². The van der Waals surface area contributed by atoms with Crippen LogP contribution < -0.4 is 0 Å². The molecule has 1 amide bonds. The Morgan fingerprint density at radius 2 is 1.84 bits per heavy atom. The quantitative estimate of drug-likeness (QED) is 0.741.